The standard InChI is InChI=1S/C30H36N8O2/c1-32-29(39)22-7-3-4-8-24(22)38(30-34-23-11-14-33-27(23)28(31)35-30)25-10-9-21(19-26(25)40-2)37-17-12-20(13-18-37)36-15-5-6-16-36/h3-4,7-11,14,19-20,33H,5-6,12-13,15-18H2,1-2H3,(H,32,39)(H2,31,34,35). The Hall–Kier alpha value is -4.31. The Kier molecular flexibility index (Phi) is 7.17. The van der Waals surface area contributed by atoms with E-state index in [1.807, 2.05) is 35.2 Å². The summed E-state index contributed by atoms with van der Waals surface area (Å²) in [6, 6.07) is 16.1. The van der Waals surface area contributed by atoms with Gasteiger partial charge in [0.1, 0.15) is 11.3 Å². The molecule has 0 radical (unpaired) electrons. The van der Waals surface area contributed by atoms with Crippen molar-refractivity contribution in [1.82, 2.24) is 25.2 Å². The number of likely N-dealkylation sites (tertiary alicyclic amines) is 1. The predicted octanol–water partition coefficient (Wildman–Crippen LogP) is 4.44. The molecule has 0 spiro atoms. The number of methoxy groups -OCH3 is 1. The van der Waals surface area contributed by atoms with Crippen LogP contribution in [0, 0.1) is 0 Å². The van der Waals surface area contributed by atoms with Crippen molar-refractivity contribution in [2.45, 2.75) is 31.7 Å². The Bertz CT molecular complexity index is 1500. The van der Waals surface area contributed by atoms with Gasteiger partial charge in [-0.15, -0.1) is 0 Å². The molecule has 2 aliphatic heterocycles. The van der Waals surface area contributed by atoms with Crippen molar-refractivity contribution in [3.63, 3.8) is 0 Å². The van der Waals surface area contributed by atoms with Crippen molar-refractivity contribution in [2.75, 3.05) is 55.9 Å². The SMILES string of the molecule is CNC(=O)c1ccccc1N(c1nc(N)c2[nH]ccc2n1)c1ccc(N2CCC(N3CCCC3)CC2)cc1OC. The average molecular weight is 541 g/mol. The van der Waals surface area contributed by atoms with Crippen molar-refractivity contribution < 1.29 is 9.53 Å². The van der Waals surface area contributed by atoms with Crippen LogP contribution in [0.5, 0.6) is 5.75 Å². The van der Waals surface area contributed by atoms with Crippen LogP contribution < -0.4 is 25.6 Å². The number of carbonyl (C=O) groups excluding carboxylic acids is 1. The van der Waals surface area contributed by atoms with Crippen LogP contribution in [0.3, 0.4) is 0 Å². The molecule has 2 aromatic heterocycles. The third-order valence-electron chi connectivity index (χ3n) is 8.13. The molecule has 0 unspecified atom stereocenters. The number of ether oxygens (including phenoxy) is 1. The van der Waals surface area contributed by atoms with E-state index in [-0.39, 0.29) is 5.91 Å². The van der Waals surface area contributed by atoms with Crippen LogP contribution in [0.15, 0.2) is 54.7 Å². The van der Waals surface area contributed by atoms with Crippen LogP contribution in [0.4, 0.5) is 28.8 Å². The average Bonchev–Trinajstić information content (AvgIpc) is 3.71. The summed E-state index contributed by atoms with van der Waals surface area (Å²) in [5.41, 5.74) is 10.6. The van der Waals surface area contributed by atoms with Gasteiger partial charge < -0.3 is 30.6 Å². The number of aromatic nitrogens is 3. The van der Waals surface area contributed by atoms with Gasteiger partial charge in [-0.25, -0.2) is 4.98 Å². The molecule has 4 N–H and O–H groups in total. The summed E-state index contributed by atoms with van der Waals surface area (Å²) in [6.45, 7) is 4.50. The predicted molar refractivity (Wildman–Crippen MR) is 159 cm³/mol. The van der Waals surface area contributed by atoms with E-state index < -0.39 is 0 Å². The van der Waals surface area contributed by atoms with Gasteiger partial charge in [0.2, 0.25) is 5.95 Å². The lowest BCUT2D eigenvalue weighted by Gasteiger charge is -2.38. The number of carbonyl (C=O) groups is 1. The minimum absolute atomic E-state index is 0.215. The number of hydrogen-bond acceptors (Lipinski definition) is 8. The summed E-state index contributed by atoms with van der Waals surface area (Å²) in [7, 11) is 3.28. The molecule has 2 aromatic carbocycles. The molecule has 40 heavy (non-hydrogen) atoms. The number of nitrogens with zero attached hydrogens (tertiary/aromatic N) is 5. The third-order valence-corrected chi connectivity index (χ3v) is 8.13. The van der Waals surface area contributed by atoms with E-state index in [2.05, 4.69) is 37.2 Å². The number of fused-ring (bicyclic) bond motifs is 1. The monoisotopic (exact) mass is 540 g/mol. The van der Waals surface area contributed by atoms with E-state index >= 15 is 0 Å². The third kappa shape index (κ3) is 4.79. The van der Waals surface area contributed by atoms with Gasteiger partial charge in [-0.1, -0.05) is 12.1 Å². The first-order valence-corrected chi connectivity index (χ1v) is 14.0. The number of aromatic amines is 1. The molecule has 0 atom stereocenters. The second kappa shape index (κ2) is 11.1. The largest absolute Gasteiger partial charge is 0.494 e. The van der Waals surface area contributed by atoms with Crippen LogP contribution in [0.25, 0.3) is 11.0 Å². The highest BCUT2D eigenvalue weighted by atomic mass is 16.5. The van der Waals surface area contributed by atoms with Crippen molar-refractivity contribution in [1.29, 1.82) is 0 Å². The zero-order valence-corrected chi connectivity index (χ0v) is 23.1. The Labute approximate surface area is 234 Å². The zero-order chi connectivity index (χ0) is 27.6. The van der Waals surface area contributed by atoms with Gasteiger partial charge in [0.25, 0.3) is 5.91 Å². The first-order valence-electron chi connectivity index (χ1n) is 14.0. The Morgan fingerprint density at radius 2 is 1.82 bits per heavy atom. The minimum atomic E-state index is -0.215. The summed E-state index contributed by atoms with van der Waals surface area (Å²) in [5, 5.41) is 2.74. The Morgan fingerprint density at radius 1 is 1.05 bits per heavy atom. The highest BCUT2D eigenvalue weighted by Gasteiger charge is 2.28. The summed E-state index contributed by atoms with van der Waals surface area (Å²) in [6.07, 6.45) is 6.76. The summed E-state index contributed by atoms with van der Waals surface area (Å²) >= 11 is 0. The maximum Gasteiger partial charge on any atom is 0.253 e. The molecule has 2 saturated heterocycles. The number of nitrogen functional groups attached to an aromatic ring is 1. The molecule has 1 amide bonds. The summed E-state index contributed by atoms with van der Waals surface area (Å²) < 4.78 is 5.96. The maximum absolute atomic E-state index is 12.9. The highest BCUT2D eigenvalue weighted by Crippen LogP contribution is 2.43. The van der Waals surface area contributed by atoms with E-state index in [0.29, 0.717) is 51.5 Å². The molecular formula is C30H36N8O2. The van der Waals surface area contributed by atoms with Gasteiger partial charge in [0.05, 0.1) is 29.6 Å². The van der Waals surface area contributed by atoms with Gasteiger partial charge in [-0.3, -0.25) is 9.69 Å². The first-order chi connectivity index (χ1) is 19.6. The van der Waals surface area contributed by atoms with Gasteiger partial charge >= 0.3 is 0 Å². The molecular weight excluding hydrogens is 504 g/mol. The van der Waals surface area contributed by atoms with Crippen LogP contribution in [0.2, 0.25) is 0 Å². The number of rotatable bonds is 7. The number of amides is 1. The Balaban J connectivity index is 1.40. The lowest BCUT2D eigenvalue weighted by atomic mass is 10.0. The van der Waals surface area contributed by atoms with E-state index in [1.165, 1.54) is 38.8 Å². The van der Waals surface area contributed by atoms with Crippen molar-refractivity contribution in [3.8, 4) is 5.75 Å². The molecule has 2 fully saturated rings. The molecule has 4 aromatic rings. The number of para-hydroxylation sites is 1. The molecule has 6 rings (SSSR count). The van der Waals surface area contributed by atoms with Gasteiger partial charge in [0, 0.05) is 44.1 Å². The normalized spacial score (nSPS) is 16.4. The summed E-state index contributed by atoms with van der Waals surface area (Å²) in [4.78, 5) is 32.4. The van der Waals surface area contributed by atoms with Crippen LogP contribution in [-0.2, 0) is 0 Å². The number of nitrogens with two attached hydrogens (primary N) is 1. The molecule has 10 heteroatoms. The quantitative estimate of drug-likeness (QED) is 0.315. The second-order valence-corrected chi connectivity index (χ2v) is 10.4. The van der Waals surface area contributed by atoms with Crippen molar-refractivity contribution in [3.05, 3.63) is 60.3 Å². The van der Waals surface area contributed by atoms with E-state index in [1.54, 1.807) is 26.4 Å². The molecule has 10 nitrogen and oxygen atoms in total. The van der Waals surface area contributed by atoms with Crippen molar-refractivity contribution in [2.24, 2.45) is 0 Å². The lowest BCUT2D eigenvalue weighted by molar-refractivity contribution is 0.0963. The number of nitrogens with one attached hydrogen (secondary N) is 2. The smallest absolute Gasteiger partial charge is 0.253 e. The number of benzene rings is 2. The zero-order valence-electron chi connectivity index (χ0n) is 23.1. The number of anilines is 5. The molecule has 4 heterocycles. The maximum atomic E-state index is 12.9. The summed E-state index contributed by atoms with van der Waals surface area (Å²) in [5.74, 6) is 1.11. The highest BCUT2D eigenvalue weighted by molar-refractivity contribution is 6.02. The van der Waals surface area contributed by atoms with Crippen molar-refractivity contribution >= 4 is 45.8 Å². The van der Waals surface area contributed by atoms with E-state index in [0.717, 1.165) is 18.8 Å². The fraction of sp³-hybridized carbons (Fsp3) is 0.367. The van der Waals surface area contributed by atoms with Crippen LogP contribution in [-0.4, -0.2) is 72.1 Å². The molecule has 0 bridgehead atoms. The number of H-pyrrole nitrogens is 1. The fourth-order valence-electron chi connectivity index (χ4n) is 6.04. The molecule has 2 aliphatic rings. The topological polar surface area (TPSA) is 116 Å². The first kappa shape index (κ1) is 25.9. The molecule has 0 saturated carbocycles. The lowest BCUT2D eigenvalue weighted by Crippen LogP contribution is -2.43. The van der Waals surface area contributed by atoms with Crippen LogP contribution in [0.1, 0.15) is 36.0 Å². The fourth-order valence-corrected chi connectivity index (χ4v) is 6.04. The van der Waals surface area contributed by atoms with Gasteiger partial charge in [0.15, 0.2) is 5.82 Å². The number of hydrogen-bond donors (Lipinski definition) is 3. The second-order valence-electron chi connectivity index (χ2n) is 10.4. The Morgan fingerprint density at radius 3 is 2.58 bits per heavy atom. The molecule has 0 aliphatic carbocycles. The van der Waals surface area contributed by atoms with Gasteiger partial charge in [-0.2, -0.15) is 4.98 Å². The van der Waals surface area contributed by atoms with E-state index in [4.69, 9.17) is 15.5 Å². The van der Waals surface area contributed by atoms with E-state index in [9.17, 15) is 4.79 Å². The molecule has 208 valence electrons. The van der Waals surface area contributed by atoms with Gasteiger partial charge in [-0.05, 0) is 69.1 Å². The minimum Gasteiger partial charge on any atom is -0.494 e. The number of piperidine rings is 1. The van der Waals surface area contributed by atoms with Crippen LogP contribution >= 0.6 is 0 Å².